The summed E-state index contributed by atoms with van der Waals surface area (Å²) in [5, 5.41) is 56.4. The predicted molar refractivity (Wildman–Crippen MR) is 165 cm³/mol. The van der Waals surface area contributed by atoms with Crippen molar-refractivity contribution in [3.8, 4) is 0 Å². The molecule has 0 aliphatic carbocycles. The quantitative estimate of drug-likeness (QED) is 0.0819. The standard InChI is InChI=1S/C6H14N2O2.C5H9NO4.C5H11NO2.3C3H7NO2/c7-4-2-1-3-5(8)6(9)10;6-3(5(9)10)1-2-4(7)8;1-3(2)4(6)5(7)8;3*1-2(4)3(5)6/h5H,1-4,7-8H2,(H,9,10);3H,1-2,6H2,(H,7,8)(H,9,10);3-4H,6H2,1-2H3,(H,7,8);3*2H,4H2,1H3,(H,5,6)/t5-;3-;4-;3*2-/m010110/s1. The van der Waals surface area contributed by atoms with Gasteiger partial charge in [-0.25, -0.2) is 0 Å². The van der Waals surface area contributed by atoms with Crippen LogP contribution in [0.1, 0.15) is 66.7 Å². The van der Waals surface area contributed by atoms with E-state index in [1.54, 1.807) is 13.8 Å². The summed E-state index contributed by atoms with van der Waals surface area (Å²) in [4.78, 5) is 68.7. The highest BCUT2D eigenvalue weighted by atomic mass is 16.4. The van der Waals surface area contributed by atoms with Crippen LogP contribution in [0.3, 0.4) is 0 Å². The number of carboxylic acids is 7. The summed E-state index contributed by atoms with van der Waals surface area (Å²) in [6, 6.07) is -4.68. The zero-order valence-electron chi connectivity index (χ0n) is 26.8. The molecule has 0 spiro atoms. The molecule has 0 aromatic carbocycles. The van der Waals surface area contributed by atoms with Crippen LogP contribution in [0.4, 0.5) is 0 Å². The van der Waals surface area contributed by atoms with Crippen LogP contribution in [0.5, 0.6) is 0 Å². The number of unbranched alkanes of at least 4 members (excludes halogenated alkanes) is 1. The summed E-state index contributed by atoms with van der Waals surface area (Å²) in [7, 11) is 0. The van der Waals surface area contributed by atoms with Crippen molar-refractivity contribution in [2.75, 3.05) is 6.54 Å². The van der Waals surface area contributed by atoms with E-state index in [1.807, 2.05) is 0 Å². The Morgan fingerprint density at radius 3 is 0.913 bits per heavy atom. The smallest absolute Gasteiger partial charge is 0.320 e. The number of aliphatic carboxylic acids is 7. The second-order valence-corrected chi connectivity index (χ2v) is 9.60. The van der Waals surface area contributed by atoms with Crippen LogP contribution in [-0.2, 0) is 33.6 Å². The summed E-state index contributed by atoms with van der Waals surface area (Å²) in [5.41, 5.74) is 35.1. The summed E-state index contributed by atoms with van der Waals surface area (Å²) in [6.45, 7) is 8.41. The zero-order valence-corrected chi connectivity index (χ0v) is 26.8. The lowest BCUT2D eigenvalue weighted by molar-refractivity contribution is -0.141. The molecule has 21 nitrogen and oxygen atoms in total. The minimum absolute atomic E-state index is 0.0208. The predicted octanol–water partition coefficient (Wildman–Crippen LogP) is -2.90. The van der Waals surface area contributed by atoms with E-state index in [4.69, 9.17) is 75.9 Å². The summed E-state index contributed by atoms with van der Waals surface area (Å²) in [6.07, 6.45) is 1.94. The van der Waals surface area contributed by atoms with Gasteiger partial charge in [0.05, 0.1) is 0 Å². The largest absolute Gasteiger partial charge is 0.481 e. The van der Waals surface area contributed by atoms with E-state index >= 15 is 0 Å². The minimum Gasteiger partial charge on any atom is -0.481 e. The first-order chi connectivity index (χ1) is 20.7. The molecule has 0 unspecified atom stereocenters. The number of hydrogen-bond donors (Lipinski definition) is 14. The van der Waals surface area contributed by atoms with E-state index in [1.165, 1.54) is 20.8 Å². The third kappa shape index (κ3) is 52.6. The fourth-order valence-corrected chi connectivity index (χ4v) is 1.32. The van der Waals surface area contributed by atoms with Crippen LogP contribution in [-0.4, -0.2) is 120 Å². The molecule has 46 heavy (non-hydrogen) atoms. The van der Waals surface area contributed by atoms with Crippen molar-refractivity contribution < 1.29 is 69.3 Å². The molecule has 6 atom stereocenters. The Bertz CT molecular complexity index is 829. The topological polar surface area (TPSA) is 443 Å². The Kier molecular flexibility index (Phi) is 40.1. The molecular weight excluding hydrogens is 622 g/mol. The van der Waals surface area contributed by atoms with E-state index < -0.39 is 78.0 Å². The molecule has 274 valence electrons. The highest BCUT2D eigenvalue weighted by molar-refractivity contribution is 5.75. The van der Waals surface area contributed by atoms with E-state index in [2.05, 4.69) is 0 Å². The van der Waals surface area contributed by atoms with Crippen LogP contribution in [0, 0.1) is 5.92 Å². The van der Waals surface area contributed by atoms with Gasteiger partial charge in [-0.15, -0.1) is 0 Å². The molecule has 21 heteroatoms. The Morgan fingerprint density at radius 2 is 0.761 bits per heavy atom. The van der Waals surface area contributed by atoms with Crippen LogP contribution in [0.2, 0.25) is 0 Å². The number of hydrogen-bond acceptors (Lipinski definition) is 14. The van der Waals surface area contributed by atoms with Crippen molar-refractivity contribution in [1.29, 1.82) is 0 Å². The van der Waals surface area contributed by atoms with Gasteiger partial charge in [0.15, 0.2) is 0 Å². The van der Waals surface area contributed by atoms with Gasteiger partial charge in [0, 0.05) is 6.42 Å². The average molecular weight is 678 g/mol. The minimum atomic E-state index is -1.17. The second kappa shape index (κ2) is 33.9. The molecule has 0 saturated carbocycles. The molecule has 0 fully saturated rings. The molecule has 0 aromatic rings. The van der Waals surface area contributed by atoms with Gasteiger partial charge in [0.2, 0.25) is 0 Å². The maximum absolute atomic E-state index is 10.1. The van der Waals surface area contributed by atoms with Crippen LogP contribution in [0.25, 0.3) is 0 Å². The third-order valence-corrected chi connectivity index (χ3v) is 4.44. The van der Waals surface area contributed by atoms with Gasteiger partial charge in [0.1, 0.15) is 36.3 Å². The SMILES string of the molecule is CC(C)[C@H](N)C(=O)O.C[C@@H](N)C(=O)O.C[C@@H](N)C(=O)O.C[C@H](N)C(=O)O.NCCCC[C@H](N)C(=O)O.N[C@H](CCC(=O)O)C(=O)O. The van der Waals surface area contributed by atoms with Gasteiger partial charge >= 0.3 is 41.8 Å². The first kappa shape index (κ1) is 54.5. The molecule has 0 radical (unpaired) electrons. The van der Waals surface area contributed by atoms with Crippen molar-refractivity contribution in [2.24, 2.45) is 46.1 Å². The Labute approximate surface area is 267 Å². The molecule has 0 amide bonds. The lowest BCUT2D eigenvalue weighted by Crippen LogP contribution is -2.34. The fraction of sp³-hybridized carbons (Fsp3) is 0.720. The van der Waals surface area contributed by atoms with Crippen molar-refractivity contribution in [1.82, 2.24) is 0 Å². The van der Waals surface area contributed by atoms with Crippen LogP contribution in [0.15, 0.2) is 0 Å². The van der Waals surface area contributed by atoms with Crippen LogP contribution >= 0.6 is 0 Å². The third-order valence-electron chi connectivity index (χ3n) is 4.44. The van der Waals surface area contributed by atoms with E-state index in [0.717, 1.165) is 12.8 Å². The molecular formula is C25H55N7O14. The molecule has 0 aromatic heterocycles. The molecule has 0 aliphatic heterocycles. The first-order valence-electron chi connectivity index (χ1n) is 13.5. The van der Waals surface area contributed by atoms with Crippen molar-refractivity contribution >= 4 is 41.8 Å². The number of rotatable bonds is 14. The molecule has 21 N–H and O–H groups in total. The average Bonchev–Trinajstić information content (AvgIpc) is 2.92. The maximum atomic E-state index is 10.1. The van der Waals surface area contributed by atoms with Crippen molar-refractivity contribution in [3.63, 3.8) is 0 Å². The maximum Gasteiger partial charge on any atom is 0.320 e. The van der Waals surface area contributed by atoms with E-state index in [9.17, 15) is 33.6 Å². The second-order valence-electron chi connectivity index (χ2n) is 9.60. The molecule has 0 aliphatic rings. The van der Waals surface area contributed by atoms with Crippen molar-refractivity contribution in [2.45, 2.75) is 103 Å². The normalized spacial score (nSPS) is 13.3. The summed E-state index contributed by atoms with van der Waals surface area (Å²) in [5.74, 6) is -6.93. The molecule has 0 heterocycles. The van der Waals surface area contributed by atoms with Gasteiger partial charge in [-0.1, -0.05) is 20.3 Å². The molecule has 0 bridgehead atoms. The highest BCUT2D eigenvalue weighted by Crippen LogP contribution is 1.97. The molecule has 0 saturated heterocycles. The lowest BCUT2D eigenvalue weighted by atomic mass is 10.1. The van der Waals surface area contributed by atoms with E-state index in [0.29, 0.717) is 13.0 Å². The van der Waals surface area contributed by atoms with Crippen molar-refractivity contribution in [3.05, 3.63) is 0 Å². The van der Waals surface area contributed by atoms with E-state index in [-0.39, 0.29) is 18.8 Å². The summed E-state index contributed by atoms with van der Waals surface area (Å²) < 4.78 is 0. The monoisotopic (exact) mass is 677 g/mol. The van der Waals surface area contributed by atoms with Gasteiger partial charge in [-0.2, -0.15) is 0 Å². The van der Waals surface area contributed by atoms with Gasteiger partial charge < -0.3 is 75.9 Å². The number of carboxylic acid groups (broad SMARTS) is 7. The highest BCUT2D eigenvalue weighted by Gasteiger charge is 2.14. The number of nitrogens with two attached hydrogens (primary N) is 7. The van der Waals surface area contributed by atoms with Crippen LogP contribution < -0.4 is 40.1 Å². The fourth-order valence-electron chi connectivity index (χ4n) is 1.32. The molecule has 0 rings (SSSR count). The summed E-state index contributed by atoms with van der Waals surface area (Å²) >= 11 is 0. The Hall–Kier alpha value is -3.99. The Morgan fingerprint density at radius 1 is 0.478 bits per heavy atom. The van der Waals surface area contributed by atoms with Gasteiger partial charge in [-0.05, 0) is 52.5 Å². The zero-order chi connectivity index (χ0) is 38.3. The van der Waals surface area contributed by atoms with Gasteiger partial charge in [-0.3, -0.25) is 33.6 Å². The lowest BCUT2D eigenvalue weighted by Gasteiger charge is -2.07. The first-order valence-corrected chi connectivity index (χ1v) is 13.5. The number of carbonyl (C=O) groups is 7. The van der Waals surface area contributed by atoms with Gasteiger partial charge in [0.25, 0.3) is 0 Å². The Balaban J connectivity index is -0.000000106.